The highest BCUT2D eigenvalue weighted by Gasteiger charge is 1.96. The van der Waals surface area contributed by atoms with Gasteiger partial charge in [-0.05, 0) is 11.1 Å². The van der Waals surface area contributed by atoms with E-state index in [1.54, 1.807) is 0 Å². The maximum absolute atomic E-state index is 5.41. The highest BCUT2D eigenvalue weighted by atomic mass is 35.5. The Morgan fingerprint density at radius 3 is 1.86 bits per heavy atom. The summed E-state index contributed by atoms with van der Waals surface area (Å²) in [5.41, 5.74) is 2.17. The molecule has 0 saturated carbocycles. The van der Waals surface area contributed by atoms with E-state index in [4.69, 9.17) is 32.7 Å². The Kier molecular flexibility index (Phi) is 5.96. The number of benzene rings is 1. The molecule has 0 bridgehead atoms. The van der Waals surface area contributed by atoms with Gasteiger partial charge in [0.1, 0.15) is 12.1 Å². The molecule has 0 aliphatic heterocycles. The Labute approximate surface area is 93.7 Å². The van der Waals surface area contributed by atoms with Crippen LogP contribution < -0.4 is 0 Å². The fourth-order valence-electron chi connectivity index (χ4n) is 1.12. The summed E-state index contributed by atoms with van der Waals surface area (Å²) in [4.78, 5) is 0. The minimum absolute atomic E-state index is 0.211. The van der Waals surface area contributed by atoms with Crippen molar-refractivity contribution in [3.63, 3.8) is 0 Å². The number of hydrogen-bond acceptors (Lipinski definition) is 2. The third-order valence-corrected chi connectivity index (χ3v) is 1.99. The van der Waals surface area contributed by atoms with Crippen molar-refractivity contribution < 1.29 is 9.47 Å². The molecule has 0 atom stereocenters. The first-order valence-electron chi connectivity index (χ1n) is 4.22. The van der Waals surface area contributed by atoms with Gasteiger partial charge in [-0.2, -0.15) is 0 Å². The molecule has 14 heavy (non-hydrogen) atoms. The van der Waals surface area contributed by atoms with Gasteiger partial charge < -0.3 is 9.47 Å². The molecule has 78 valence electrons. The molecule has 1 aromatic rings. The quantitative estimate of drug-likeness (QED) is 0.705. The molecule has 0 saturated heterocycles. The molecule has 0 fully saturated rings. The van der Waals surface area contributed by atoms with Crippen LogP contribution in [0.3, 0.4) is 0 Å². The third kappa shape index (κ3) is 4.29. The zero-order valence-corrected chi connectivity index (χ0v) is 9.22. The summed E-state index contributed by atoms with van der Waals surface area (Å²) in [7, 11) is 0. The number of rotatable bonds is 6. The van der Waals surface area contributed by atoms with Crippen LogP contribution in [0.5, 0.6) is 0 Å². The van der Waals surface area contributed by atoms with Crippen molar-refractivity contribution in [2.45, 2.75) is 13.2 Å². The number of ether oxygens (including phenoxy) is 2. The molecular weight excluding hydrogens is 223 g/mol. The first kappa shape index (κ1) is 11.8. The molecule has 0 amide bonds. The standard InChI is InChI=1S/C10H12Cl2O2/c11-7-13-5-9-2-1-3-10(4-9)6-14-8-12/h1-4H,5-8H2. The SMILES string of the molecule is ClCOCc1cccc(COCCl)c1. The highest BCUT2D eigenvalue weighted by molar-refractivity contribution is 6.17. The predicted octanol–water partition coefficient (Wildman–Crippen LogP) is 3.11. The molecule has 0 heterocycles. The van der Waals surface area contributed by atoms with Crippen molar-refractivity contribution in [3.8, 4) is 0 Å². The summed E-state index contributed by atoms with van der Waals surface area (Å²) in [6, 6.07) is 8.36. The van der Waals surface area contributed by atoms with Gasteiger partial charge in [-0.25, -0.2) is 0 Å². The third-order valence-electron chi connectivity index (χ3n) is 1.68. The molecule has 1 rings (SSSR count). The van der Waals surface area contributed by atoms with Crippen molar-refractivity contribution in [2.24, 2.45) is 0 Å². The van der Waals surface area contributed by atoms with Gasteiger partial charge in [-0.3, -0.25) is 0 Å². The van der Waals surface area contributed by atoms with E-state index >= 15 is 0 Å². The normalized spacial score (nSPS) is 10.4. The maximum atomic E-state index is 5.41. The highest BCUT2D eigenvalue weighted by Crippen LogP contribution is 2.08. The molecule has 0 aliphatic carbocycles. The summed E-state index contributed by atoms with van der Waals surface area (Å²) < 4.78 is 10.2. The number of hydrogen-bond donors (Lipinski definition) is 0. The van der Waals surface area contributed by atoms with Crippen molar-refractivity contribution in [1.29, 1.82) is 0 Å². The van der Waals surface area contributed by atoms with E-state index in [1.807, 2.05) is 24.3 Å². The van der Waals surface area contributed by atoms with E-state index in [-0.39, 0.29) is 12.1 Å². The smallest absolute Gasteiger partial charge is 0.121 e. The van der Waals surface area contributed by atoms with Crippen LogP contribution in [-0.2, 0) is 22.7 Å². The van der Waals surface area contributed by atoms with Crippen LogP contribution in [0.4, 0.5) is 0 Å². The van der Waals surface area contributed by atoms with E-state index in [2.05, 4.69) is 0 Å². The van der Waals surface area contributed by atoms with Crippen LogP contribution in [0.1, 0.15) is 11.1 Å². The Balaban J connectivity index is 2.50. The zero-order valence-electron chi connectivity index (χ0n) is 7.71. The lowest BCUT2D eigenvalue weighted by atomic mass is 10.1. The lowest BCUT2D eigenvalue weighted by Crippen LogP contribution is -1.94. The van der Waals surface area contributed by atoms with Crippen LogP contribution in [0.2, 0.25) is 0 Å². The first-order valence-corrected chi connectivity index (χ1v) is 5.29. The lowest BCUT2D eigenvalue weighted by molar-refractivity contribution is 0.161. The minimum Gasteiger partial charge on any atom is -0.361 e. The molecule has 2 nitrogen and oxygen atoms in total. The van der Waals surface area contributed by atoms with E-state index in [0.717, 1.165) is 11.1 Å². The summed E-state index contributed by atoms with van der Waals surface area (Å²) in [6.07, 6.45) is 0. The summed E-state index contributed by atoms with van der Waals surface area (Å²) >= 11 is 10.8. The predicted molar refractivity (Wildman–Crippen MR) is 57.5 cm³/mol. The van der Waals surface area contributed by atoms with Crippen molar-refractivity contribution in [2.75, 3.05) is 12.1 Å². The van der Waals surface area contributed by atoms with Gasteiger partial charge in [0.25, 0.3) is 0 Å². The molecule has 4 heteroatoms. The average Bonchev–Trinajstić information content (AvgIpc) is 2.24. The summed E-state index contributed by atoms with van der Waals surface area (Å²) in [5.74, 6) is 0. The van der Waals surface area contributed by atoms with Crippen LogP contribution in [0.25, 0.3) is 0 Å². The Bertz CT molecular complexity index is 243. The van der Waals surface area contributed by atoms with E-state index in [1.165, 1.54) is 0 Å². The monoisotopic (exact) mass is 234 g/mol. The van der Waals surface area contributed by atoms with Gasteiger partial charge in [0, 0.05) is 0 Å². The van der Waals surface area contributed by atoms with E-state index in [9.17, 15) is 0 Å². The van der Waals surface area contributed by atoms with Crippen LogP contribution in [0.15, 0.2) is 24.3 Å². The lowest BCUT2D eigenvalue weighted by Gasteiger charge is -2.04. The Morgan fingerprint density at radius 2 is 1.43 bits per heavy atom. The van der Waals surface area contributed by atoms with Gasteiger partial charge in [-0.15, -0.1) is 0 Å². The van der Waals surface area contributed by atoms with Crippen LogP contribution in [-0.4, -0.2) is 12.1 Å². The fraction of sp³-hybridized carbons (Fsp3) is 0.400. The van der Waals surface area contributed by atoms with Crippen molar-refractivity contribution in [3.05, 3.63) is 35.4 Å². The second-order valence-corrected chi connectivity index (χ2v) is 3.17. The van der Waals surface area contributed by atoms with Crippen LogP contribution in [0, 0.1) is 0 Å². The van der Waals surface area contributed by atoms with Gasteiger partial charge in [0.05, 0.1) is 13.2 Å². The number of halogens is 2. The molecule has 1 aromatic carbocycles. The summed E-state index contributed by atoms with van der Waals surface area (Å²) in [5, 5.41) is 0. The minimum atomic E-state index is 0.211. The molecule has 0 spiro atoms. The maximum Gasteiger partial charge on any atom is 0.121 e. The molecule has 0 unspecified atom stereocenters. The molecule has 0 aliphatic rings. The largest absolute Gasteiger partial charge is 0.361 e. The van der Waals surface area contributed by atoms with Gasteiger partial charge >= 0.3 is 0 Å². The van der Waals surface area contributed by atoms with Crippen molar-refractivity contribution in [1.82, 2.24) is 0 Å². The Hall–Kier alpha value is -0.280. The van der Waals surface area contributed by atoms with Gasteiger partial charge in [0.2, 0.25) is 0 Å². The Morgan fingerprint density at radius 1 is 0.929 bits per heavy atom. The van der Waals surface area contributed by atoms with E-state index < -0.39 is 0 Å². The van der Waals surface area contributed by atoms with Gasteiger partial charge in [-0.1, -0.05) is 47.5 Å². The van der Waals surface area contributed by atoms with Gasteiger partial charge in [0.15, 0.2) is 0 Å². The fourth-order valence-corrected chi connectivity index (χ4v) is 1.28. The average molecular weight is 235 g/mol. The molecule has 0 aromatic heterocycles. The second-order valence-electron chi connectivity index (χ2n) is 2.74. The molecule has 0 radical (unpaired) electrons. The topological polar surface area (TPSA) is 18.5 Å². The first-order chi connectivity index (χ1) is 6.86. The molecular formula is C10H12Cl2O2. The van der Waals surface area contributed by atoms with Crippen LogP contribution >= 0.6 is 23.2 Å². The van der Waals surface area contributed by atoms with Crippen molar-refractivity contribution >= 4 is 23.2 Å². The second kappa shape index (κ2) is 7.07. The number of alkyl halides is 2. The molecule has 0 N–H and O–H groups in total. The van der Waals surface area contributed by atoms with E-state index in [0.29, 0.717) is 13.2 Å². The zero-order chi connectivity index (χ0) is 10.2. The summed E-state index contributed by atoms with van der Waals surface area (Å²) in [6.45, 7) is 1.05.